The molecule has 1 aliphatic heterocycles. The van der Waals surface area contributed by atoms with Crippen molar-refractivity contribution in [2.45, 2.75) is 19.4 Å². The summed E-state index contributed by atoms with van der Waals surface area (Å²) >= 11 is 0. The lowest BCUT2D eigenvalue weighted by atomic mass is 10.2. The monoisotopic (exact) mass is 158 g/mol. The number of hydrogen-bond acceptors (Lipinski definition) is 3. The molecule has 0 aromatic carbocycles. The quantitative estimate of drug-likeness (QED) is 0.590. The summed E-state index contributed by atoms with van der Waals surface area (Å²) < 4.78 is 0. The van der Waals surface area contributed by atoms with Gasteiger partial charge in [-0.05, 0) is 18.9 Å². The molecule has 0 bridgehead atoms. The maximum absolute atomic E-state index is 8.95. The van der Waals surface area contributed by atoms with Gasteiger partial charge in [-0.3, -0.25) is 4.90 Å². The molecule has 0 aliphatic carbocycles. The van der Waals surface area contributed by atoms with Gasteiger partial charge in [0.2, 0.25) is 0 Å². The van der Waals surface area contributed by atoms with Crippen LogP contribution in [0.5, 0.6) is 0 Å². The zero-order valence-electron chi connectivity index (χ0n) is 7.16. The molecular formula is C8H18N2O. The van der Waals surface area contributed by atoms with Gasteiger partial charge in [-0.1, -0.05) is 6.92 Å². The molecule has 0 aromatic heterocycles. The first-order valence-electron chi connectivity index (χ1n) is 4.33. The van der Waals surface area contributed by atoms with Crippen molar-refractivity contribution in [1.29, 1.82) is 0 Å². The summed E-state index contributed by atoms with van der Waals surface area (Å²) in [6, 6.07) is 0.194. The molecule has 0 radical (unpaired) electrons. The maximum atomic E-state index is 8.95. The number of aliphatic hydroxyl groups excluding tert-OH is 1. The molecule has 1 saturated heterocycles. The Hall–Kier alpha value is -0.120. The molecule has 0 amide bonds. The Bertz CT molecular complexity index is 115. The predicted octanol–water partition coefficient (Wildman–Crippen LogP) is -0.352. The van der Waals surface area contributed by atoms with Gasteiger partial charge in [0.15, 0.2) is 0 Å². The van der Waals surface area contributed by atoms with Crippen molar-refractivity contribution in [3.8, 4) is 0 Å². The first kappa shape index (κ1) is 8.97. The standard InChI is InChI=1S/C8H18N2O/c1-7-2-3-10(5-7)8(4-9)6-11/h7-8,11H,2-6,9H2,1H3. The van der Waals surface area contributed by atoms with Gasteiger partial charge in [-0.25, -0.2) is 0 Å². The van der Waals surface area contributed by atoms with E-state index in [4.69, 9.17) is 10.8 Å². The van der Waals surface area contributed by atoms with Gasteiger partial charge in [0, 0.05) is 19.1 Å². The predicted molar refractivity (Wildman–Crippen MR) is 45.3 cm³/mol. The van der Waals surface area contributed by atoms with Crippen molar-refractivity contribution in [1.82, 2.24) is 4.90 Å². The summed E-state index contributed by atoms with van der Waals surface area (Å²) in [6.07, 6.45) is 1.25. The van der Waals surface area contributed by atoms with Gasteiger partial charge >= 0.3 is 0 Å². The van der Waals surface area contributed by atoms with Gasteiger partial charge in [-0.15, -0.1) is 0 Å². The summed E-state index contributed by atoms with van der Waals surface area (Å²) in [7, 11) is 0. The number of nitrogens with zero attached hydrogens (tertiary/aromatic N) is 1. The summed E-state index contributed by atoms with van der Waals surface area (Å²) in [6.45, 7) is 5.21. The van der Waals surface area contributed by atoms with E-state index in [1.54, 1.807) is 0 Å². The van der Waals surface area contributed by atoms with Crippen LogP contribution >= 0.6 is 0 Å². The van der Waals surface area contributed by atoms with Crippen LogP contribution in [0.2, 0.25) is 0 Å². The minimum absolute atomic E-state index is 0.194. The summed E-state index contributed by atoms with van der Waals surface area (Å²) in [5, 5.41) is 8.95. The molecule has 2 unspecified atom stereocenters. The van der Waals surface area contributed by atoms with Gasteiger partial charge in [0.1, 0.15) is 0 Å². The van der Waals surface area contributed by atoms with Crippen LogP contribution in [0.1, 0.15) is 13.3 Å². The van der Waals surface area contributed by atoms with E-state index in [0.29, 0.717) is 6.54 Å². The second-order valence-corrected chi connectivity index (χ2v) is 3.46. The molecular weight excluding hydrogens is 140 g/mol. The molecule has 1 aliphatic rings. The molecule has 1 heterocycles. The van der Waals surface area contributed by atoms with Crippen molar-refractivity contribution in [2.24, 2.45) is 11.7 Å². The molecule has 3 heteroatoms. The molecule has 2 atom stereocenters. The molecule has 66 valence electrons. The van der Waals surface area contributed by atoms with E-state index >= 15 is 0 Å². The summed E-state index contributed by atoms with van der Waals surface area (Å²) in [4.78, 5) is 2.28. The van der Waals surface area contributed by atoms with Crippen molar-refractivity contribution in [3.05, 3.63) is 0 Å². The van der Waals surface area contributed by atoms with E-state index in [1.165, 1.54) is 6.42 Å². The first-order valence-corrected chi connectivity index (χ1v) is 4.33. The molecule has 3 N–H and O–H groups in total. The van der Waals surface area contributed by atoms with Crippen LogP contribution in [0, 0.1) is 5.92 Å². The van der Waals surface area contributed by atoms with Crippen LogP contribution < -0.4 is 5.73 Å². The Kier molecular flexibility index (Phi) is 3.30. The van der Waals surface area contributed by atoms with Gasteiger partial charge < -0.3 is 10.8 Å². The fourth-order valence-corrected chi connectivity index (χ4v) is 1.64. The Morgan fingerprint density at radius 1 is 1.73 bits per heavy atom. The Balaban J connectivity index is 2.34. The number of aliphatic hydroxyl groups is 1. The highest BCUT2D eigenvalue weighted by Crippen LogP contribution is 2.16. The van der Waals surface area contributed by atoms with Crippen LogP contribution in [-0.4, -0.2) is 42.3 Å². The van der Waals surface area contributed by atoms with Crippen molar-refractivity contribution >= 4 is 0 Å². The zero-order chi connectivity index (χ0) is 8.27. The van der Waals surface area contributed by atoms with Crippen LogP contribution in [0.25, 0.3) is 0 Å². The zero-order valence-corrected chi connectivity index (χ0v) is 7.16. The van der Waals surface area contributed by atoms with Gasteiger partial charge in [0.05, 0.1) is 6.61 Å². The molecule has 1 rings (SSSR count). The van der Waals surface area contributed by atoms with Crippen LogP contribution in [0.15, 0.2) is 0 Å². The molecule has 3 nitrogen and oxygen atoms in total. The molecule has 1 fully saturated rings. The number of hydrogen-bond donors (Lipinski definition) is 2. The van der Waals surface area contributed by atoms with Crippen molar-refractivity contribution < 1.29 is 5.11 Å². The average Bonchev–Trinajstić information content (AvgIpc) is 2.39. The third-order valence-corrected chi connectivity index (χ3v) is 2.45. The highest BCUT2D eigenvalue weighted by Gasteiger charge is 2.23. The van der Waals surface area contributed by atoms with Crippen LogP contribution in [0.4, 0.5) is 0 Å². The second-order valence-electron chi connectivity index (χ2n) is 3.46. The van der Waals surface area contributed by atoms with E-state index < -0.39 is 0 Å². The fraction of sp³-hybridized carbons (Fsp3) is 1.00. The van der Waals surface area contributed by atoms with E-state index in [9.17, 15) is 0 Å². The first-order chi connectivity index (χ1) is 5.27. The minimum atomic E-state index is 0.194. The number of rotatable bonds is 3. The lowest BCUT2D eigenvalue weighted by molar-refractivity contribution is 0.148. The van der Waals surface area contributed by atoms with E-state index in [1.807, 2.05) is 0 Å². The molecule has 11 heavy (non-hydrogen) atoms. The second kappa shape index (κ2) is 4.04. The van der Waals surface area contributed by atoms with Crippen LogP contribution in [-0.2, 0) is 0 Å². The third-order valence-electron chi connectivity index (χ3n) is 2.45. The lowest BCUT2D eigenvalue weighted by Gasteiger charge is -2.24. The van der Waals surface area contributed by atoms with Crippen molar-refractivity contribution in [3.63, 3.8) is 0 Å². The topological polar surface area (TPSA) is 49.5 Å². The summed E-state index contributed by atoms with van der Waals surface area (Å²) in [5.74, 6) is 0.774. The Labute approximate surface area is 68.2 Å². The normalized spacial score (nSPS) is 29.2. The minimum Gasteiger partial charge on any atom is -0.395 e. The van der Waals surface area contributed by atoms with E-state index in [-0.39, 0.29) is 12.6 Å². The number of likely N-dealkylation sites (tertiary alicyclic amines) is 1. The third kappa shape index (κ3) is 2.15. The highest BCUT2D eigenvalue weighted by atomic mass is 16.3. The number of nitrogens with two attached hydrogens (primary N) is 1. The Morgan fingerprint density at radius 3 is 2.82 bits per heavy atom. The van der Waals surface area contributed by atoms with Crippen molar-refractivity contribution in [2.75, 3.05) is 26.2 Å². The maximum Gasteiger partial charge on any atom is 0.0599 e. The Morgan fingerprint density at radius 2 is 2.45 bits per heavy atom. The smallest absolute Gasteiger partial charge is 0.0599 e. The van der Waals surface area contributed by atoms with Gasteiger partial charge in [0.25, 0.3) is 0 Å². The average molecular weight is 158 g/mol. The van der Waals surface area contributed by atoms with Gasteiger partial charge in [-0.2, -0.15) is 0 Å². The van der Waals surface area contributed by atoms with E-state index in [0.717, 1.165) is 19.0 Å². The van der Waals surface area contributed by atoms with E-state index in [2.05, 4.69) is 11.8 Å². The molecule has 0 saturated carbocycles. The fourth-order valence-electron chi connectivity index (χ4n) is 1.64. The van der Waals surface area contributed by atoms with Crippen LogP contribution in [0.3, 0.4) is 0 Å². The SMILES string of the molecule is CC1CCN(C(CN)CO)C1. The largest absolute Gasteiger partial charge is 0.395 e. The molecule has 0 spiro atoms. The summed E-state index contributed by atoms with van der Waals surface area (Å²) in [5.41, 5.74) is 5.51. The highest BCUT2D eigenvalue weighted by molar-refractivity contribution is 4.79. The molecule has 0 aromatic rings. The lowest BCUT2D eigenvalue weighted by Crippen LogP contribution is -2.41.